The van der Waals surface area contributed by atoms with Gasteiger partial charge in [-0.15, -0.1) is 11.3 Å². The predicted molar refractivity (Wildman–Crippen MR) is 116 cm³/mol. The number of rotatable bonds is 4. The van der Waals surface area contributed by atoms with Crippen LogP contribution in [0.1, 0.15) is 31.3 Å². The molecule has 0 radical (unpaired) electrons. The summed E-state index contributed by atoms with van der Waals surface area (Å²) in [5.41, 5.74) is 2.45. The molecule has 0 saturated carbocycles. The van der Waals surface area contributed by atoms with E-state index >= 15 is 0 Å². The molecule has 2 N–H and O–H groups in total. The Hall–Kier alpha value is -2.77. The van der Waals surface area contributed by atoms with Crippen LogP contribution in [0.5, 0.6) is 0 Å². The molecule has 2 amide bonds. The second kappa shape index (κ2) is 7.93. The van der Waals surface area contributed by atoms with E-state index in [9.17, 15) is 9.59 Å². The van der Waals surface area contributed by atoms with Gasteiger partial charge in [0, 0.05) is 12.5 Å². The monoisotopic (exact) mass is 409 g/mol. The molecule has 0 bridgehead atoms. The molecule has 0 spiro atoms. The molecule has 2 aromatic carbocycles. The van der Waals surface area contributed by atoms with Gasteiger partial charge in [0.05, 0.1) is 28.6 Å². The van der Waals surface area contributed by atoms with Crippen molar-refractivity contribution in [1.29, 1.82) is 0 Å². The summed E-state index contributed by atoms with van der Waals surface area (Å²) >= 11 is 1.68. The third kappa shape index (κ3) is 3.88. The van der Waals surface area contributed by atoms with E-state index in [-0.39, 0.29) is 30.3 Å². The summed E-state index contributed by atoms with van der Waals surface area (Å²) in [7, 11) is 2.02. The van der Waals surface area contributed by atoms with E-state index in [1.807, 2.05) is 56.4 Å². The largest absolute Gasteiger partial charge is 0.324 e. The minimum Gasteiger partial charge on any atom is -0.324 e. The van der Waals surface area contributed by atoms with Crippen molar-refractivity contribution in [2.75, 3.05) is 23.8 Å². The number of aromatic nitrogens is 1. The molecular formula is C22H25N4O2S+. The minimum atomic E-state index is -0.197. The summed E-state index contributed by atoms with van der Waals surface area (Å²) < 4.78 is 1.16. The van der Waals surface area contributed by atoms with Gasteiger partial charge in [-0.05, 0) is 38.1 Å². The highest BCUT2D eigenvalue weighted by molar-refractivity contribution is 7.18. The number of thiazole rings is 1. The molecule has 1 unspecified atom stereocenters. The van der Waals surface area contributed by atoms with Gasteiger partial charge in [0.2, 0.25) is 5.91 Å². The number of nitrogens with zero attached hydrogens (tertiary/aromatic N) is 2. The van der Waals surface area contributed by atoms with Gasteiger partial charge in [-0.3, -0.25) is 9.59 Å². The molecule has 0 aliphatic carbocycles. The van der Waals surface area contributed by atoms with E-state index < -0.39 is 0 Å². The number of anilines is 2. The van der Waals surface area contributed by atoms with Crippen LogP contribution in [0.15, 0.2) is 48.5 Å². The Labute approximate surface area is 174 Å². The van der Waals surface area contributed by atoms with Gasteiger partial charge in [0.1, 0.15) is 6.04 Å². The summed E-state index contributed by atoms with van der Waals surface area (Å²) in [6.45, 7) is 4.35. The molecule has 7 heteroatoms. The van der Waals surface area contributed by atoms with Crippen LogP contribution in [-0.2, 0) is 9.59 Å². The van der Waals surface area contributed by atoms with E-state index in [1.165, 1.54) is 0 Å². The van der Waals surface area contributed by atoms with Gasteiger partial charge in [-0.2, -0.15) is 0 Å². The maximum Gasteiger partial charge on any atom is 0.282 e. The lowest BCUT2D eigenvalue weighted by molar-refractivity contribution is -0.902. The third-order valence-corrected chi connectivity index (χ3v) is 6.70. The topological polar surface area (TPSA) is 66.7 Å². The lowest BCUT2D eigenvalue weighted by Crippen LogP contribution is -3.10. The zero-order valence-corrected chi connectivity index (χ0v) is 17.6. The van der Waals surface area contributed by atoms with Crippen LogP contribution >= 0.6 is 11.3 Å². The molecule has 1 aliphatic rings. The van der Waals surface area contributed by atoms with Crippen molar-refractivity contribution in [2.24, 2.45) is 0 Å². The van der Waals surface area contributed by atoms with Crippen molar-refractivity contribution < 1.29 is 14.5 Å². The summed E-state index contributed by atoms with van der Waals surface area (Å²) in [6.07, 6.45) is 0.285. The number of likely N-dealkylation sites (N-methyl/N-ethyl adjacent to an activating group) is 1. The molecular weight excluding hydrogens is 384 g/mol. The van der Waals surface area contributed by atoms with Crippen LogP contribution in [0, 0.1) is 0 Å². The number of carbonyl (C=O) groups excluding carboxylic acids is 2. The number of hydrogen-bond acceptors (Lipinski definition) is 4. The van der Waals surface area contributed by atoms with Crippen LogP contribution in [0.4, 0.5) is 11.4 Å². The van der Waals surface area contributed by atoms with Gasteiger partial charge in [0.25, 0.3) is 5.91 Å². The fraction of sp³-hybridized carbons (Fsp3) is 0.318. The van der Waals surface area contributed by atoms with Gasteiger partial charge < -0.3 is 15.1 Å². The van der Waals surface area contributed by atoms with Crippen LogP contribution in [-0.4, -0.2) is 36.4 Å². The number of amides is 2. The molecule has 4 rings (SSSR count). The lowest BCUT2D eigenvalue weighted by Gasteiger charge is -2.29. The quantitative estimate of drug-likeness (QED) is 0.696. The Morgan fingerprint density at radius 3 is 2.79 bits per heavy atom. The Balaban J connectivity index is 1.55. The Morgan fingerprint density at radius 1 is 1.28 bits per heavy atom. The molecule has 29 heavy (non-hydrogen) atoms. The molecule has 150 valence electrons. The highest BCUT2D eigenvalue weighted by Gasteiger charge is 2.32. The van der Waals surface area contributed by atoms with E-state index in [0.29, 0.717) is 12.2 Å². The molecule has 3 atom stereocenters. The van der Waals surface area contributed by atoms with E-state index in [0.717, 1.165) is 25.8 Å². The number of benzene rings is 2. The van der Waals surface area contributed by atoms with Crippen LogP contribution < -0.4 is 15.1 Å². The molecule has 2 heterocycles. The average Bonchev–Trinajstić information content (AvgIpc) is 3.07. The predicted octanol–water partition coefficient (Wildman–Crippen LogP) is 2.64. The first-order valence-electron chi connectivity index (χ1n) is 9.82. The zero-order chi connectivity index (χ0) is 20.5. The molecule has 6 nitrogen and oxygen atoms in total. The summed E-state index contributed by atoms with van der Waals surface area (Å²) in [5.74, 6) is -0.0595. The maximum absolute atomic E-state index is 13.3. The second-order valence-electron chi connectivity index (χ2n) is 7.65. The van der Waals surface area contributed by atoms with Gasteiger partial charge in [-0.25, -0.2) is 4.98 Å². The van der Waals surface area contributed by atoms with Crippen LogP contribution in [0.25, 0.3) is 10.2 Å². The van der Waals surface area contributed by atoms with Crippen molar-refractivity contribution in [2.45, 2.75) is 32.4 Å². The number of nitrogens with one attached hydrogen (secondary N) is 2. The van der Waals surface area contributed by atoms with Crippen LogP contribution in [0.2, 0.25) is 0 Å². The fourth-order valence-electron chi connectivity index (χ4n) is 3.73. The second-order valence-corrected chi connectivity index (χ2v) is 8.71. The van der Waals surface area contributed by atoms with Crippen LogP contribution in [0.3, 0.4) is 0 Å². The maximum atomic E-state index is 13.3. The Bertz CT molecular complexity index is 1030. The van der Waals surface area contributed by atoms with E-state index in [2.05, 4.69) is 18.3 Å². The van der Waals surface area contributed by atoms with E-state index in [4.69, 9.17) is 4.98 Å². The first-order valence-corrected chi connectivity index (χ1v) is 10.6. The van der Waals surface area contributed by atoms with Crippen molar-refractivity contribution in [1.82, 2.24) is 4.98 Å². The minimum absolute atomic E-state index is 0.00640. The molecule has 0 fully saturated rings. The Morgan fingerprint density at radius 2 is 2.00 bits per heavy atom. The first kappa shape index (κ1) is 19.5. The highest BCUT2D eigenvalue weighted by atomic mass is 32.1. The zero-order valence-electron chi connectivity index (χ0n) is 16.8. The summed E-state index contributed by atoms with van der Waals surface area (Å²) in [6, 6.07) is 15.5. The van der Waals surface area contributed by atoms with E-state index in [1.54, 1.807) is 16.2 Å². The number of carbonyl (C=O) groups is 2. The number of para-hydroxylation sites is 3. The molecule has 1 aromatic heterocycles. The standard InChI is InChI=1S/C22H24N4O2S/c1-14-12-20(27)23-16-8-4-6-10-18(16)26(14)21(28)13-25(3)15(2)22-24-17-9-5-7-11-19(17)29-22/h4-11,14-15H,12-13H2,1-3H3,(H,23,27)/p+1/t14-,15+/m1/s1. The highest BCUT2D eigenvalue weighted by Crippen LogP contribution is 2.31. The normalized spacial score (nSPS) is 18.7. The molecule has 0 saturated heterocycles. The Kier molecular flexibility index (Phi) is 5.34. The number of quaternary nitrogens is 1. The molecule has 3 aromatic rings. The van der Waals surface area contributed by atoms with Crippen molar-refractivity contribution in [3.05, 3.63) is 53.5 Å². The third-order valence-electron chi connectivity index (χ3n) is 5.48. The number of fused-ring (bicyclic) bond motifs is 2. The van der Waals surface area contributed by atoms with Crippen molar-refractivity contribution in [3.63, 3.8) is 0 Å². The smallest absolute Gasteiger partial charge is 0.282 e. The average molecular weight is 410 g/mol. The van der Waals surface area contributed by atoms with Crippen molar-refractivity contribution in [3.8, 4) is 0 Å². The molecule has 1 aliphatic heterocycles. The van der Waals surface area contributed by atoms with Gasteiger partial charge in [-0.1, -0.05) is 24.3 Å². The fourth-order valence-corrected chi connectivity index (χ4v) is 4.84. The summed E-state index contributed by atoms with van der Waals surface area (Å²) in [5, 5.41) is 3.93. The van der Waals surface area contributed by atoms with Gasteiger partial charge >= 0.3 is 0 Å². The lowest BCUT2D eigenvalue weighted by atomic mass is 10.1. The van der Waals surface area contributed by atoms with Gasteiger partial charge in [0.15, 0.2) is 11.6 Å². The SMILES string of the molecule is C[C@@H]1CC(=O)Nc2ccccc2N1C(=O)C[NH+](C)[C@@H](C)c1nc2ccccc2s1. The number of hydrogen-bond donors (Lipinski definition) is 2. The first-order chi connectivity index (χ1) is 13.9. The summed E-state index contributed by atoms with van der Waals surface area (Å²) in [4.78, 5) is 33.0. The van der Waals surface area contributed by atoms with Crippen molar-refractivity contribution >= 4 is 44.7 Å².